The SMILES string of the molecule is O=C(Nc1ccsc1-c1nc(C2CC2)no1)c1nccc2ccccc12. The van der Waals surface area contributed by atoms with Crippen molar-refractivity contribution < 1.29 is 9.32 Å². The van der Waals surface area contributed by atoms with Crippen LogP contribution in [0.4, 0.5) is 5.69 Å². The number of benzene rings is 1. The number of nitrogens with zero attached hydrogens (tertiary/aromatic N) is 3. The monoisotopic (exact) mass is 362 g/mol. The Morgan fingerprint density at radius 3 is 2.96 bits per heavy atom. The molecule has 0 radical (unpaired) electrons. The molecule has 0 spiro atoms. The van der Waals surface area contributed by atoms with Gasteiger partial charge in [-0.1, -0.05) is 29.4 Å². The first kappa shape index (κ1) is 15.2. The molecule has 1 aromatic carbocycles. The van der Waals surface area contributed by atoms with Crippen LogP contribution in [0.15, 0.2) is 52.5 Å². The van der Waals surface area contributed by atoms with Crippen LogP contribution in [-0.2, 0) is 0 Å². The highest BCUT2D eigenvalue weighted by molar-refractivity contribution is 7.14. The zero-order valence-electron chi connectivity index (χ0n) is 13.7. The molecular formula is C19H14N4O2S. The van der Waals surface area contributed by atoms with Crippen LogP contribution in [0.5, 0.6) is 0 Å². The summed E-state index contributed by atoms with van der Waals surface area (Å²) in [6.45, 7) is 0. The number of carbonyl (C=O) groups is 1. The smallest absolute Gasteiger partial charge is 0.274 e. The zero-order valence-corrected chi connectivity index (χ0v) is 14.5. The third-order valence-corrected chi connectivity index (χ3v) is 5.28. The van der Waals surface area contributed by atoms with Crippen LogP contribution in [0.2, 0.25) is 0 Å². The molecule has 1 aliphatic carbocycles. The average molecular weight is 362 g/mol. The van der Waals surface area contributed by atoms with E-state index in [1.807, 2.05) is 41.8 Å². The number of hydrogen-bond acceptors (Lipinski definition) is 6. The van der Waals surface area contributed by atoms with E-state index in [1.165, 1.54) is 11.3 Å². The molecule has 1 fully saturated rings. The lowest BCUT2D eigenvalue weighted by atomic mass is 10.1. The standard InChI is InChI=1S/C19H14N4O2S/c24-18(15-13-4-2-1-3-11(13)7-9-20-15)21-14-8-10-26-16(14)19-22-17(23-25-19)12-5-6-12/h1-4,7-10,12H,5-6H2,(H,21,24). The third-order valence-electron chi connectivity index (χ3n) is 4.38. The van der Waals surface area contributed by atoms with E-state index < -0.39 is 0 Å². The first-order valence-electron chi connectivity index (χ1n) is 8.36. The second kappa shape index (κ2) is 6.03. The topological polar surface area (TPSA) is 80.9 Å². The van der Waals surface area contributed by atoms with Crippen molar-refractivity contribution in [2.45, 2.75) is 18.8 Å². The maximum atomic E-state index is 12.8. The fourth-order valence-corrected chi connectivity index (χ4v) is 3.66. The number of anilines is 1. The molecule has 1 saturated carbocycles. The second-order valence-electron chi connectivity index (χ2n) is 6.23. The van der Waals surface area contributed by atoms with Gasteiger partial charge in [0.25, 0.3) is 11.8 Å². The summed E-state index contributed by atoms with van der Waals surface area (Å²) in [6.07, 6.45) is 3.87. The first-order chi connectivity index (χ1) is 12.8. The van der Waals surface area contributed by atoms with Crippen LogP contribution in [0.1, 0.15) is 35.1 Å². The Kier molecular flexibility index (Phi) is 3.53. The van der Waals surface area contributed by atoms with Gasteiger partial charge in [-0.15, -0.1) is 11.3 Å². The quantitative estimate of drug-likeness (QED) is 0.579. The Hall–Kier alpha value is -3.06. The third kappa shape index (κ3) is 2.66. The van der Waals surface area contributed by atoms with Crippen molar-refractivity contribution in [2.75, 3.05) is 5.32 Å². The van der Waals surface area contributed by atoms with E-state index in [0.29, 0.717) is 23.2 Å². The fourth-order valence-electron chi connectivity index (χ4n) is 2.89. The molecule has 0 saturated heterocycles. The van der Waals surface area contributed by atoms with E-state index in [-0.39, 0.29) is 5.91 Å². The van der Waals surface area contributed by atoms with Crippen molar-refractivity contribution in [3.63, 3.8) is 0 Å². The molecule has 0 bridgehead atoms. The van der Waals surface area contributed by atoms with E-state index in [1.54, 1.807) is 6.20 Å². The number of carbonyl (C=O) groups excluding carboxylic acids is 1. The van der Waals surface area contributed by atoms with Crippen molar-refractivity contribution in [3.8, 4) is 10.8 Å². The number of pyridine rings is 1. The van der Waals surface area contributed by atoms with Gasteiger partial charge in [0.2, 0.25) is 0 Å². The number of thiophene rings is 1. The van der Waals surface area contributed by atoms with E-state index in [4.69, 9.17) is 4.52 Å². The van der Waals surface area contributed by atoms with Crippen molar-refractivity contribution >= 4 is 33.7 Å². The molecule has 3 aromatic heterocycles. The lowest BCUT2D eigenvalue weighted by Crippen LogP contribution is -2.14. The first-order valence-corrected chi connectivity index (χ1v) is 9.24. The fraction of sp³-hybridized carbons (Fsp3) is 0.158. The molecule has 1 amide bonds. The largest absolute Gasteiger partial charge is 0.333 e. The maximum absolute atomic E-state index is 12.8. The summed E-state index contributed by atoms with van der Waals surface area (Å²) in [5.41, 5.74) is 1.05. The molecule has 26 heavy (non-hydrogen) atoms. The van der Waals surface area contributed by atoms with Crippen molar-refractivity contribution in [1.29, 1.82) is 0 Å². The summed E-state index contributed by atoms with van der Waals surface area (Å²) >= 11 is 1.46. The molecule has 4 aromatic rings. The van der Waals surface area contributed by atoms with Gasteiger partial charge >= 0.3 is 0 Å². The van der Waals surface area contributed by atoms with Crippen LogP contribution >= 0.6 is 11.3 Å². The second-order valence-corrected chi connectivity index (χ2v) is 7.15. The highest BCUT2D eigenvalue weighted by Gasteiger charge is 2.29. The Morgan fingerprint density at radius 1 is 1.19 bits per heavy atom. The Bertz CT molecular complexity index is 1110. The van der Waals surface area contributed by atoms with Gasteiger partial charge < -0.3 is 9.84 Å². The minimum atomic E-state index is -0.261. The maximum Gasteiger partial charge on any atom is 0.274 e. The van der Waals surface area contributed by atoms with Gasteiger partial charge in [-0.2, -0.15) is 4.98 Å². The molecule has 7 heteroatoms. The summed E-state index contributed by atoms with van der Waals surface area (Å²) in [4.78, 5) is 22.3. The summed E-state index contributed by atoms with van der Waals surface area (Å²) < 4.78 is 5.39. The minimum Gasteiger partial charge on any atom is -0.333 e. The number of nitrogens with one attached hydrogen (secondary N) is 1. The van der Waals surface area contributed by atoms with Crippen LogP contribution in [-0.4, -0.2) is 21.0 Å². The molecular weight excluding hydrogens is 348 g/mol. The van der Waals surface area contributed by atoms with Crippen molar-refractivity contribution in [3.05, 3.63) is 59.5 Å². The summed E-state index contributed by atoms with van der Waals surface area (Å²) in [5.74, 6) is 1.36. The van der Waals surface area contributed by atoms with Gasteiger partial charge in [0, 0.05) is 17.5 Å². The predicted molar refractivity (Wildman–Crippen MR) is 99.3 cm³/mol. The van der Waals surface area contributed by atoms with Gasteiger partial charge in [0.15, 0.2) is 5.82 Å². The highest BCUT2D eigenvalue weighted by Crippen LogP contribution is 2.40. The molecule has 128 valence electrons. The number of amides is 1. The van der Waals surface area contributed by atoms with Gasteiger partial charge in [-0.05, 0) is 35.7 Å². The van der Waals surface area contributed by atoms with Crippen LogP contribution in [0, 0.1) is 0 Å². The lowest BCUT2D eigenvalue weighted by Gasteiger charge is -2.07. The molecule has 0 unspecified atom stereocenters. The molecule has 5 rings (SSSR count). The van der Waals surface area contributed by atoms with E-state index in [9.17, 15) is 4.79 Å². The molecule has 6 nitrogen and oxygen atoms in total. The van der Waals surface area contributed by atoms with Gasteiger partial charge in [-0.3, -0.25) is 9.78 Å². The molecule has 3 heterocycles. The Labute approximate surface area is 152 Å². The zero-order chi connectivity index (χ0) is 17.5. The van der Waals surface area contributed by atoms with Crippen LogP contribution in [0.25, 0.3) is 21.5 Å². The van der Waals surface area contributed by atoms with Crippen LogP contribution < -0.4 is 5.32 Å². The van der Waals surface area contributed by atoms with Crippen molar-refractivity contribution in [2.24, 2.45) is 0 Å². The summed E-state index contributed by atoms with van der Waals surface area (Å²) in [7, 11) is 0. The highest BCUT2D eigenvalue weighted by atomic mass is 32.1. The van der Waals surface area contributed by atoms with Gasteiger partial charge in [0.05, 0.1) is 5.69 Å². The van der Waals surface area contributed by atoms with E-state index in [0.717, 1.165) is 34.3 Å². The Morgan fingerprint density at radius 2 is 2.08 bits per heavy atom. The number of rotatable bonds is 4. The van der Waals surface area contributed by atoms with Crippen molar-refractivity contribution in [1.82, 2.24) is 15.1 Å². The number of hydrogen-bond donors (Lipinski definition) is 1. The summed E-state index contributed by atoms with van der Waals surface area (Å²) in [5, 5.41) is 10.7. The molecule has 0 atom stereocenters. The van der Waals surface area contributed by atoms with Gasteiger partial charge in [-0.25, -0.2) is 0 Å². The Balaban J connectivity index is 1.46. The predicted octanol–water partition coefficient (Wildman–Crippen LogP) is 4.48. The van der Waals surface area contributed by atoms with E-state index in [2.05, 4.69) is 20.4 Å². The molecule has 1 aliphatic rings. The minimum absolute atomic E-state index is 0.261. The molecule has 0 aliphatic heterocycles. The normalized spacial score (nSPS) is 13.8. The van der Waals surface area contributed by atoms with Crippen LogP contribution in [0.3, 0.4) is 0 Å². The average Bonchev–Trinajstić information content (AvgIpc) is 3.22. The summed E-state index contributed by atoms with van der Waals surface area (Å²) in [6, 6.07) is 11.4. The van der Waals surface area contributed by atoms with E-state index >= 15 is 0 Å². The van der Waals surface area contributed by atoms with Gasteiger partial charge in [0.1, 0.15) is 10.6 Å². The lowest BCUT2D eigenvalue weighted by molar-refractivity contribution is 0.102. The number of aromatic nitrogens is 3. The number of fused-ring (bicyclic) bond motifs is 1. The molecule has 1 N–H and O–H groups in total.